The Balaban J connectivity index is 2.74. The summed E-state index contributed by atoms with van der Waals surface area (Å²) in [5.41, 5.74) is 10.3. The molecule has 0 unspecified atom stereocenters. The number of hydrogen-bond donors (Lipinski definition) is 1. The Labute approximate surface area is 90.1 Å². The van der Waals surface area contributed by atoms with Crippen LogP contribution in [0.2, 0.25) is 0 Å². The summed E-state index contributed by atoms with van der Waals surface area (Å²) >= 11 is 0. The van der Waals surface area contributed by atoms with Crippen LogP contribution in [0.4, 0.5) is 0 Å². The van der Waals surface area contributed by atoms with Crippen molar-refractivity contribution in [3.63, 3.8) is 0 Å². The molecule has 0 saturated carbocycles. The highest BCUT2D eigenvalue weighted by molar-refractivity contribution is 5.85. The summed E-state index contributed by atoms with van der Waals surface area (Å²) in [6, 6.07) is 8.43. The van der Waals surface area contributed by atoms with Gasteiger partial charge in [0.15, 0.2) is 0 Å². The van der Waals surface area contributed by atoms with Gasteiger partial charge in [0.2, 0.25) is 0 Å². The summed E-state index contributed by atoms with van der Waals surface area (Å²) in [4.78, 5) is 4.58. The molecule has 2 nitrogen and oxygen atoms in total. The van der Waals surface area contributed by atoms with Crippen molar-refractivity contribution in [1.29, 1.82) is 0 Å². The van der Waals surface area contributed by atoms with Gasteiger partial charge in [0.25, 0.3) is 0 Å². The van der Waals surface area contributed by atoms with Crippen molar-refractivity contribution in [2.75, 3.05) is 6.54 Å². The van der Waals surface area contributed by atoms with E-state index in [4.69, 9.17) is 5.73 Å². The van der Waals surface area contributed by atoms with E-state index in [9.17, 15) is 0 Å². The third kappa shape index (κ3) is 1.85. The molecule has 0 bridgehead atoms. The van der Waals surface area contributed by atoms with Gasteiger partial charge in [-0.05, 0) is 44.0 Å². The van der Waals surface area contributed by atoms with Gasteiger partial charge >= 0.3 is 0 Å². The molecule has 1 heterocycles. The van der Waals surface area contributed by atoms with Crippen LogP contribution >= 0.6 is 0 Å². The molecule has 0 aliphatic heterocycles. The Morgan fingerprint density at radius 2 is 2.07 bits per heavy atom. The lowest BCUT2D eigenvalue weighted by Gasteiger charge is -2.08. The first-order valence-electron chi connectivity index (χ1n) is 5.28. The molecule has 0 saturated heterocycles. The molecule has 15 heavy (non-hydrogen) atoms. The molecule has 2 N–H and O–H groups in total. The van der Waals surface area contributed by atoms with Crippen LogP contribution in [0.25, 0.3) is 10.9 Å². The predicted molar refractivity (Wildman–Crippen MR) is 64.0 cm³/mol. The van der Waals surface area contributed by atoms with Gasteiger partial charge in [0, 0.05) is 11.1 Å². The molecule has 2 heteroatoms. The monoisotopic (exact) mass is 200 g/mol. The van der Waals surface area contributed by atoms with Crippen LogP contribution < -0.4 is 5.73 Å². The minimum absolute atomic E-state index is 0.687. The third-order valence-corrected chi connectivity index (χ3v) is 2.67. The van der Waals surface area contributed by atoms with E-state index < -0.39 is 0 Å². The molecule has 2 aromatic rings. The van der Waals surface area contributed by atoms with Crippen LogP contribution in [-0.2, 0) is 6.42 Å². The molecule has 0 radical (unpaired) electrons. The summed E-state index contributed by atoms with van der Waals surface area (Å²) in [6.45, 7) is 4.82. The third-order valence-electron chi connectivity index (χ3n) is 2.67. The zero-order valence-electron chi connectivity index (χ0n) is 9.25. The Morgan fingerprint density at radius 3 is 2.80 bits per heavy atom. The fraction of sp³-hybridized carbons (Fsp3) is 0.308. The highest BCUT2D eigenvalue weighted by Gasteiger charge is 2.04. The lowest BCUT2D eigenvalue weighted by atomic mass is 10.0. The van der Waals surface area contributed by atoms with Gasteiger partial charge in [-0.15, -0.1) is 0 Å². The largest absolute Gasteiger partial charge is 0.330 e. The molecule has 2 rings (SSSR count). The number of aryl methyl sites for hydroxylation is 2. The fourth-order valence-corrected chi connectivity index (χ4v) is 1.97. The van der Waals surface area contributed by atoms with Crippen LogP contribution in [0.5, 0.6) is 0 Å². The first-order chi connectivity index (χ1) is 7.22. The highest BCUT2D eigenvalue weighted by atomic mass is 14.7. The molecular weight excluding hydrogens is 184 g/mol. The number of para-hydroxylation sites is 1. The summed E-state index contributed by atoms with van der Waals surface area (Å²) in [5, 5.41) is 1.24. The number of rotatable bonds is 2. The number of nitrogens with two attached hydrogens (primary N) is 1. The normalized spacial score (nSPS) is 10.9. The number of benzene rings is 1. The first kappa shape index (κ1) is 10.1. The predicted octanol–water partition coefficient (Wildman–Crippen LogP) is 2.35. The van der Waals surface area contributed by atoms with E-state index >= 15 is 0 Å². The molecule has 78 valence electrons. The van der Waals surface area contributed by atoms with E-state index in [2.05, 4.69) is 36.2 Å². The minimum atomic E-state index is 0.687. The van der Waals surface area contributed by atoms with Gasteiger partial charge in [0.1, 0.15) is 0 Å². The van der Waals surface area contributed by atoms with Gasteiger partial charge in [-0.3, -0.25) is 4.98 Å². The number of nitrogens with zero attached hydrogens (tertiary/aromatic N) is 1. The second kappa shape index (κ2) is 3.99. The lowest BCUT2D eigenvalue weighted by molar-refractivity contribution is 0.971. The molecule has 1 aromatic heterocycles. The molecule has 0 spiro atoms. The van der Waals surface area contributed by atoms with Crippen LogP contribution in [0.1, 0.15) is 16.8 Å². The Hall–Kier alpha value is -1.41. The topological polar surface area (TPSA) is 38.9 Å². The van der Waals surface area contributed by atoms with Gasteiger partial charge < -0.3 is 5.73 Å². The molecule has 0 atom stereocenters. The fourth-order valence-electron chi connectivity index (χ4n) is 1.97. The van der Waals surface area contributed by atoms with Gasteiger partial charge in [-0.25, -0.2) is 0 Å². The number of aromatic nitrogens is 1. The second-order valence-corrected chi connectivity index (χ2v) is 3.93. The molecule has 0 amide bonds. The van der Waals surface area contributed by atoms with Crippen molar-refractivity contribution in [3.8, 4) is 0 Å². The van der Waals surface area contributed by atoms with Crippen LogP contribution in [0.15, 0.2) is 24.3 Å². The zero-order chi connectivity index (χ0) is 10.8. The van der Waals surface area contributed by atoms with E-state index in [0.29, 0.717) is 6.54 Å². The maximum Gasteiger partial charge on any atom is 0.0737 e. The van der Waals surface area contributed by atoms with E-state index in [1.165, 1.54) is 16.5 Å². The van der Waals surface area contributed by atoms with Crippen molar-refractivity contribution < 1.29 is 0 Å². The van der Waals surface area contributed by atoms with Gasteiger partial charge in [-0.2, -0.15) is 0 Å². The van der Waals surface area contributed by atoms with Gasteiger partial charge in [-0.1, -0.05) is 18.2 Å². The minimum Gasteiger partial charge on any atom is -0.330 e. The van der Waals surface area contributed by atoms with Crippen molar-refractivity contribution >= 4 is 10.9 Å². The van der Waals surface area contributed by atoms with E-state index in [0.717, 1.165) is 17.6 Å². The Kier molecular flexibility index (Phi) is 2.69. The molecule has 0 fully saturated rings. The average Bonchev–Trinajstić information content (AvgIpc) is 2.20. The van der Waals surface area contributed by atoms with E-state index in [-0.39, 0.29) is 0 Å². The smallest absolute Gasteiger partial charge is 0.0737 e. The summed E-state index contributed by atoms with van der Waals surface area (Å²) in [5.74, 6) is 0. The maximum absolute atomic E-state index is 5.62. The average molecular weight is 200 g/mol. The maximum atomic E-state index is 5.62. The van der Waals surface area contributed by atoms with Crippen LogP contribution in [0.3, 0.4) is 0 Å². The lowest BCUT2D eigenvalue weighted by Crippen LogP contribution is -2.04. The number of pyridine rings is 1. The Morgan fingerprint density at radius 1 is 1.27 bits per heavy atom. The van der Waals surface area contributed by atoms with Gasteiger partial charge in [0.05, 0.1) is 5.52 Å². The number of hydrogen-bond acceptors (Lipinski definition) is 2. The van der Waals surface area contributed by atoms with E-state index in [1.807, 2.05) is 6.92 Å². The van der Waals surface area contributed by atoms with Crippen LogP contribution in [-0.4, -0.2) is 11.5 Å². The summed E-state index contributed by atoms with van der Waals surface area (Å²) in [6.07, 6.45) is 0.920. The second-order valence-electron chi connectivity index (χ2n) is 3.93. The Bertz CT molecular complexity index is 489. The molecule has 1 aromatic carbocycles. The van der Waals surface area contributed by atoms with Crippen molar-refractivity contribution in [2.45, 2.75) is 20.3 Å². The standard InChI is InChI=1S/C13H16N2/c1-9-4-3-5-12-11(6-7-14)8-10(2)15-13(9)12/h3-5,8H,6-7,14H2,1-2H3. The molecule has 0 aliphatic rings. The number of fused-ring (bicyclic) bond motifs is 1. The quantitative estimate of drug-likeness (QED) is 0.808. The van der Waals surface area contributed by atoms with E-state index in [1.54, 1.807) is 0 Å². The van der Waals surface area contributed by atoms with Crippen molar-refractivity contribution in [2.24, 2.45) is 5.73 Å². The highest BCUT2D eigenvalue weighted by Crippen LogP contribution is 2.21. The molecular formula is C13H16N2. The van der Waals surface area contributed by atoms with Crippen molar-refractivity contribution in [3.05, 3.63) is 41.1 Å². The summed E-state index contributed by atoms with van der Waals surface area (Å²) in [7, 11) is 0. The first-order valence-corrected chi connectivity index (χ1v) is 5.28. The van der Waals surface area contributed by atoms with Crippen molar-refractivity contribution in [1.82, 2.24) is 4.98 Å². The SMILES string of the molecule is Cc1cc(CCN)c2cccc(C)c2n1. The molecule has 0 aliphatic carbocycles. The zero-order valence-corrected chi connectivity index (χ0v) is 9.25. The summed E-state index contributed by atoms with van der Waals surface area (Å²) < 4.78 is 0. The van der Waals surface area contributed by atoms with Crippen LogP contribution in [0, 0.1) is 13.8 Å².